The van der Waals surface area contributed by atoms with Crippen LogP contribution in [0.5, 0.6) is 11.5 Å². The molecule has 1 aliphatic rings. The first-order chi connectivity index (χ1) is 20.1. The molecule has 42 heavy (non-hydrogen) atoms. The highest BCUT2D eigenvalue weighted by Crippen LogP contribution is 2.39. The minimum Gasteiger partial charge on any atom is -0.462 e. The molecule has 0 aliphatic heterocycles. The molecule has 0 unspecified atom stereocenters. The number of nitrogens with zero attached hydrogens (tertiary/aromatic N) is 3. The van der Waals surface area contributed by atoms with Crippen LogP contribution in [0.25, 0.3) is 0 Å². The second kappa shape index (κ2) is 13.0. The van der Waals surface area contributed by atoms with E-state index in [0.717, 1.165) is 47.9 Å². The molecule has 2 amide bonds. The highest BCUT2D eigenvalue weighted by molar-refractivity contribution is 7.17. The summed E-state index contributed by atoms with van der Waals surface area (Å²) in [6.07, 6.45) is 3.37. The lowest BCUT2D eigenvalue weighted by Crippen LogP contribution is -2.33. The van der Waals surface area contributed by atoms with E-state index in [1.165, 1.54) is 23.5 Å². The Kier molecular flexibility index (Phi) is 9.22. The normalized spacial score (nSPS) is 12.6. The summed E-state index contributed by atoms with van der Waals surface area (Å²) in [6.45, 7) is 3.45. The molecule has 14 nitrogen and oxygen atoms in total. The van der Waals surface area contributed by atoms with Gasteiger partial charge in [-0.05, 0) is 81.0 Å². The number of ether oxygens (including phenoxy) is 2. The van der Waals surface area contributed by atoms with Gasteiger partial charge in [0.25, 0.3) is 5.69 Å². The van der Waals surface area contributed by atoms with E-state index in [1.807, 2.05) is 0 Å². The fourth-order valence-corrected chi connectivity index (χ4v) is 5.49. The number of amides is 2. The molecule has 218 valence electrons. The van der Waals surface area contributed by atoms with Crippen LogP contribution in [0.1, 0.15) is 53.1 Å². The van der Waals surface area contributed by atoms with Crippen molar-refractivity contribution in [3.63, 3.8) is 0 Å². The number of anilines is 1. The van der Waals surface area contributed by atoms with Crippen LogP contribution in [0, 0.1) is 20.2 Å². The van der Waals surface area contributed by atoms with Gasteiger partial charge in [-0.2, -0.15) is 5.10 Å². The maximum absolute atomic E-state index is 12.6. The van der Waals surface area contributed by atoms with Gasteiger partial charge in [-0.3, -0.25) is 29.8 Å². The first kappa shape index (κ1) is 29.8. The van der Waals surface area contributed by atoms with Crippen LogP contribution in [-0.2, 0) is 27.2 Å². The molecule has 2 aromatic carbocycles. The monoisotopic (exact) mass is 595 g/mol. The number of carbonyl (C=O) groups excluding carboxylic acids is 3. The van der Waals surface area contributed by atoms with Gasteiger partial charge in [-0.15, -0.1) is 11.3 Å². The number of hydrogen-bond donors (Lipinski definition) is 2. The quantitative estimate of drug-likeness (QED) is 0.114. The Hall–Kier alpha value is -5.18. The molecule has 0 atom stereocenters. The van der Waals surface area contributed by atoms with Crippen molar-refractivity contribution in [2.45, 2.75) is 39.5 Å². The lowest BCUT2D eigenvalue weighted by Gasteiger charge is -2.12. The molecule has 0 saturated heterocycles. The Morgan fingerprint density at radius 2 is 1.71 bits per heavy atom. The largest absolute Gasteiger partial charge is 0.462 e. The van der Waals surface area contributed by atoms with E-state index in [2.05, 4.69) is 15.8 Å². The molecule has 0 radical (unpaired) electrons. The van der Waals surface area contributed by atoms with E-state index in [9.17, 15) is 34.6 Å². The number of nitro benzene ring substituents is 2. The molecule has 1 aliphatic carbocycles. The Morgan fingerprint density at radius 3 is 2.38 bits per heavy atom. The van der Waals surface area contributed by atoms with Gasteiger partial charge in [0, 0.05) is 10.9 Å². The molecule has 2 N–H and O–H groups in total. The molecule has 1 aromatic heterocycles. The number of rotatable bonds is 9. The topological polar surface area (TPSA) is 192 Å². The van der Waals surface area contributed by atoms with E-state index in [4.69, 9.17) is 9.47 Å². The second-order valence-corrected chi connectivity index (χ2v) is 10.1. The Labute approximate surface area is 242 Å². The fourth-order valence-electron chi connectivity index (χ4n) is 4.22. The van der Waals surface area contributed by atoms with Crippen LogP contribution >= 0.6 is 11.3 Å². The lowest BCUT2D eigenvalue weighted by atomic mass is 9.95. The highest BCUT2D eigenvalue weighted by Gasteiger charge is 2.28. The van der Waals surface area contributed by atoms with E-state index in [0.29, 0.717) is 23.3 Å². The zero-order valence-electron chi connectivity index (χ0n) is 22.5. The zero-order valence-corrected chi connectivity index (χ0v) is 23.3. The van der Waals surface area contributed by atoms with Crippen molar-refractivity contribution in [3.05, 3.63) is 84.3 Å². The Balaban J connectivity index is 1.41. The molecule has 15 heteroatoms. The second-order valence-electron chi connectivity index (χ2n) is 9.02. The van der Waals surface area contributed by atoms with Crippen LogP contribution < -0.4 is 15.5 Å². The van der Waals surface area contributed by atoms with Gasteiger partial charge >= 0.3 is 23.5 Å². The number of benzene rings is 2. The zero-order chi connectivity index (χ0) is 30.4. The number of hydrogen-bond acceptors (Lipinski definition) is 11. The molecule has 0 saturated carbocycles. The maximum Gasteiger partial charge on any atom is 0.341 e. The third-order valence-electron chi connectivity index (χ3n) is 6.26. The summed E-state index contributed by atoms with van der Waals surface area (Å²) in [7, 11) is 0. The summed E-state index contributed by atoms with van der Waals surface area (Å²) in [5, 5.41) is 29.0. The summed E-state index contributed by atoms with van der Waals surface area (Å²) < 4.78 is 10.7. The summed E-state index contributed by atoms with van der Waals surface area (Å²) in [6, 6.07) is 9.16. The predicted octanol–water partition coefficient (Wildman–Crippen LogP) is 4.89. The minimum atomic E-state index is -1.04. The van der Waals surface area contributed by atoms with Gasteiger partial charge in [0.15, 0.2) is 0 Å². The number of nitrogens with one attached hydrogen (secondary N) is 2. The van der Waals surface area contributed by atoms with Crippen LogP contribution in [-0.4, -0.2) is 39.9 Å². The van der Waals surface area contributed by atoms with Crippen molar-refractivity contribution < 1.29 is 33.7 Å². The minimum absolute atomic E-state index is 0.176. The molecule has 4 rings (SSSR count). The maximum atomic E-state index is 12.6. The number of thiophene rings is 1. The van der Waals surface area contributed by atoms with Crippen molar-refractivity contribution in [1.82, 2.24) is 5.43 Å². The number of non-ortho nitro benzene ring substituents is 1. The Bertz CT molecular complexity index is 1600. The van der Waals surface area contributed by atoms with Gasteiger partial charge in [-0.1, -0.05) is 0 Å². The predicted molar refractivity (Wildman–Crippen MR) is 152 cm³/mol. The van der Waals surface area contributed by atoms with Crippen LogP contribution in [0.2, 0.25) is 0 Å². The van der Waals surface area contributed by atoms with Crippen molar-refractivity contribution in [2.75, 3.05) is 11.9 Å². The number of hydrazone groups is 1. The molecule has 3 aromatic rings. The van der Waals surface area contributed by atoms with Gasteiger partial charge in [-0.25, -0.2) is 10.2 Å². The summed E-state index contributed by atoms with van der Waals surface area (Å²) >= 11 is 1.26. The van der Waals surface area contributed by atoms with Crippen LogP contribution in [0.3, 0.4) is 0 Å². The first-order valence-corrected chi connectivity index (χ1v) is 13.6. The number of esters is 1. The van der Waals surface area contributed by atoms with Gasteiger partial charge in [0.1, 0.15) is 10.8 Å². The number of aryl methyl sites for hydroxylation is 1. The summed E-state index contributed by atoms with van der Waals surface area (Å²) in [5.41, 5.74) is 3.20. The van der Waals surface area contributed by atoms with E-state index in [1.54, 1.807) is 26.0 Å². The lowest BCUT2D eigenvalue weighted by molar-refractivity contribution is -0.394. The van der Waals surface area contributed by atoms with Crippen LogP contribution in [0.4, 0.5) is 16.4 Å². The Morgan fingerprint density at radius 1 is 1.00 bits per heavy atom. The molecule has 0 fully saturated rings. The standard InChI is InChI=1S/C27H25N5O9S/c1-3-40-27(35)23-19-6-4-5-7-22(19)42-26(23)28-24(33)25(34)30-29-15(2)16-8-11-18(12-9-16)41-21-13-10-17(31(36)37)14-20(21)32(38)39/h8-14H,3-7H2,1-2H3,(H,28,33)(H,30,34)/b29-15+. The average molecular weight is 596 g/mol. The summed E-state index contributed by atoms with van der Waals surface area (Å²) in [5.74, 6) is -2.55. The average Bonchev–Trinajstić information content (AvgIpc) is 3.34. The van der Waals surface area contributed by atoms with Gasteiger partial charge in [0.05, 0.1) is 33.8 Å². The van der Waals surface area contributed by atoms with Crippen molar-refractivity contribution >= 4 is 51.2 Å². The summed E-state index contributed by atoms with van der Waals surface area (Å²) in [4.78, 5) is 59.4. The van der Waals surface area contributed by atoms with Gasteiger partial charge in [0.2, 0.25) is 5.75 Å². The van der Waals surface area contributed by atoms with Crippen molar-refractivity contribution in [2.24, 2.45) is 5.10 Å². The van der Waals surface area contributed by atoms with Gasteiger partial charge < -0.3 is 14.8 Å². The number of fused-ring (bicyclic) bond motifs is 1. The molecular weight excluding hydrogens is 570 g/mol. The smallest absolute Gasteiger partial charge is 0.341 e. The fraction of sp³-hybridized carbons (Fsp3) is 0.259. The molecule has 1 heterocycles. The van der Waals surface area contributed by atoms with Crippen molar-refractivity contribution in [3.8, 4) is 11.5 Å². The number of carbonyl (C=O) groups is 3. The number of nitro groups is 2. The van der Waals surface area contributed by atoms with E-state index < -0.39 is 39.0 Å². The van der Waals surface area contributed by atoms with Crippen LogP contribution in [0.15, 0.2) is 47.6 Å². The van der Waals surface area contributed by atoms with E-state index in [-0.39, 0.29) is 23.1 Å². The SMILES string of the molecule is CCOC(=O)c1c(NC(=O)C(=O)N/N=C(\C)c2ccc(Oc3ccc([N+](=O)[O-])cc3[N+](=O)[O-])cc2)sc2c1CCCC2. The van der Waals surface area contributed by atoms with Crippen molar-refractivity contribution in [1.29, 1.82) is 0 Å². The molecule has 0 spiro atoms. The molecular formula is C27H25N5O9S. The highest BCUT2D eigenvalue weighted by atomic mass is 32.1. The third kappa shape index (κ3) is 6.75. The third-order valence-corrected chi connectivity index (χ3v) is 7.47. The first-order valence-electron chi connectivity index (χ1n) is 12.8. The molecule has 0 bridgehead atoms. The van der Waals surface area contributed by atoms with E-state index >= 15 is 0 Å².